The Morgan fingerprint density at radius 2 is 1.46 bits per heavy atom. The molecule has 26 heavy (non-hydrogen) atoms. The molecule has 0 N–H and O–H groups in total. The summed E-state index contributed by atoms with van der Waals surface area (Å²) < 4.78 is 7.80. The van der Waals surface area contributed by atoms with Crippen LogP contribution in [0.15, 0.2) is 85.1 Å². The van der Waals surface area contributed by atoms with Crippen molar-refractivity contribution in [3.05, 3.63) is 108 Å². The van der Waals surface area contributed by atoms with E-state index >= 15 is 0 Å². The van der Waals surface area contributed by atoms with E-state index in [1.165, 1.54) is 0 Å². The molecule has 2 heterocycles. The predicted molar refractivity (Wildman–Crippen MR) is 100 cm³/mol. The van der Waals surface area contributed by atoms with Gasteiger partial charge in [0, 0.05) is 6.20 Å². The van der Waals surface area contributed by atoms with Crippen molar-refractivity contribution in [2.45, 2.75) is 13.0 Å². The van der Waals surface area contributed by atoms with Gasteiger partial charge in [0.2, 0.25) is 0 Å². The Kier molecular flexibility index (Phi) is 4.23. The fraction of sp³-hybridized carbons (Fsp3) is 0.0909. The topological polar surface area (TPSA) is 43.6 Å². The molecule has 4 nitrogen and oxygen atoms in total. The van der Waals surface area contributed by atoms with Gasteiger partial charge in [-0.15, -0.1) is 0 Å². The van der Waals surface area contributed by atoms with Crippen LogP contribution >= 0.6 is 0 Å². The first-order valence-electron chi connectivity index (χ1n) is 8.48. The van der Waals surface area contributed by atoms with Crippen molar-refractivity contribution in [1.82, 2.24) is 9.38 Å². The van der Waals surface area contributed by atoms with Crippen LogP contribution in [0.2, 0.25) is 0 Å². The molecule has 2 aromatic carbocycles. The fourth-order valence-corrected chi connectivity index (χ4v) is 3.09. The number of aromatic nitrogens is 2. The molecular weight excluding hydrogens is 324 g/mol. The Hall–Kier alpha value is -3.40. The molecular formula is C22H18N2O2. The number of esters is 1. The maximum absolute atomic E-state index is 12.9. The minimum Gasteiger partial charge on any atom is -0.448 e. The van der Waals surface area contributed by atoms with Crippen molar-refractivity contribution in [3.8, 4) is 0 Å². The van der Waals surface area contributed by atoms with Crippen LogP contribution in [0.3, 0.4) is 0 Å². The van der Waals surface area contributed by atoms with Crippen molar-refractivity contribution < 1.29 is 9.53 Å². The summed E-state index contributed by atoms with van der Waals surface area (Å²) in [6.45, 7) is 1.87. The lowest BCUT2D eigenvalue weighted by Gasteiger charge is -2.18. The zero-order valence-corrected chi connectivity index (χ0v) is 14.4. The quantitative estimate of drug-likeness (QED) is 0.510. The smallest absolute Gasteiger partial charge is 0.360 e. The second-order valence-corrected chi connectivity index (χ2v) is 6.07. The Labute approximate surface area is 151 Å². The number of rotatable bonds is 4. The number of aryl methyl sites for hydroxylation is 1. The molecule has 0 aliphatic heterocycles. The van der Waals surface area contributed by atoms with Crippen LogP contribution in [0.5, 0.6) is 0 Å². The largest absolute Gasteiger partial charge is 0.448 e. The maximum Gasteiger partial charge on any atom is 0.360 e. The van der Waals surface area contributed by atoms with E-state index in [9.17, 15) is 4.79 Å². The molecule has 4 heteroatoms. The lowest BCUT2D eigenvalue weighted by molar-refractivity contribution is 0.0374. The minimum absolute atomic E-state index is 0.333. The van der Waals surface area contributed by atoms with Crippen LogP contribution < -0.4 is 0 Å². The summed E-state index contributed by atoms with van der Waals surface area (Å²) in [5.74, 6) is 0.322. The van der Waals surface area contributed by atoms with Gasteiger partial charge in [0.15, 0.2) is 11.8 Å². The van der Waals surface area contributed by atoms with Crippen LogP contribution in [0, 0.1) is 6.92 Å². The van der Waals surface area contributed by atoms with E-state index in [1.54, 1.807) is 0 Å². The van der Waals surface area contributed by atoms with Gasteiger partial charge < -0.3 is 9.14 Å². The summed E-state index contributed by atoms with van der Waals surface area (Å²) in [4.78, 5) is 17.3. The average Bonchev–Trinajstić information content (AvgIpc) is 3.04. The van der Waals surface area contributed by atoms with E-state index in [0.29, 0.717) is 5.69 Å². The number of ether oxygens (including phenoxy) is 1. The van der Waals surface area contributed by atoms with E-state index in [4.69, 9.17) is 4.74 Å². The van der Waals surface area contributed by atoms with Crippen LogP contribution in [0.4, 0.5) is 0 Å². The number of carbonyl (C=O) groups excluding carboxylic acids is 1. The van der Waals surface area contributed by atoms with E-state index in [1.807, 2.05) is 96.4 Å². The van der Waals surface area contributed by atoms with Gasteiger partial charge in [-0.05, 0) is 30.2 Å². The molecule has 4 aromatic rings. The van der Waals surface area contributed by atoms with E-state index in [0.717, 1.165) is 22.5 Å². The van der Waals surface area contributed by atoms with Crippen LogP contribution in [-0.4, -0.2) is 15.4 Å². The number of nitrogens with zero attached hydrogens (tertiary/aromatic N) is 2. The van der Waals surface area contributed by atoms with E-state index in [-0.39, 0.29) is 0 Å². The third-order valence-electron chi connectivity index (χ3n) is 4.35. The highest BCUT2D eigenvalue weighted by Gasteiger charge is 2.23. The molecule has 0 amide bonds. The Balaban J connectivity index is 1.73. The van der Waals surface area contributed by atoms with Gasteiger partial charge in [-0.25, -0.2) is 9.78 Å². The highest BCUT2D eigenvalue weighted by atomic mass is 16.5. The zero-order valence-electron chi connectivity index (χ0n) is 14.4. The normalized spacial score (nSPS) is 11.0. The molecule has 0 spiro atoms. The number of carbonyl (C=O) groups is 1. The second kappa shape index (κ2) is 6.84. The summed E-state index contributed by atoms with van der Waals surface area (Å²) in [6, 6.07) is 25.2. The average molecular weight is 342 g/mol. The molecule has 0 aliphatic rings. The summed E-state index contributed by atoms with van der Waals surface area (Å²) in [7, 11) is 0. The first kappa shape index (κ1) is 16.1. The molecule has 0 unspecified atom stereocenters. The van der Waals surface area contributed by atoms with Gasteiger partial charge >= 0.3 is 5.97 Å². The fourth-order valence-electron chi connectivity index (χ4n) is 3.09. The maximum atomic E-state index is 12.9. The van der Waals surface area contributed by atoms with Crippen molar-refractivity contribution in [2.24, 2.45) is 0 Å². The number of benzene rings is 2. The molecule has 0 saturated heterocycles. The highest BCUT2D eigenvalue weighted by Crippen LogP contribution is 2.27. The Bertz CT molecular complexity index is 1000. The minimum atomic E-state index is -0.481. The van der Waals surface area contributed by atoms with Crippen LogP contribution in [0.25, 0.3) is 5.52 Å². The lowest BCUT2D eigenvalue weighted by atomic mass is 10.0. The molecule has 0 aliphatic carbocycles. The number of hydrogen-bond acceptors (Lipinski definition) is 3. The van der Waals surface area contributed by atoms with Gasteiger partial charge in [-0.1, -0.05) is 66.7 Å². The van der Waals surface area contributed by atoms with Crippen LogP contribution in [0.1, 0.15) is 33.5 Å². The summed E-state index contributed by atoms with van der Waals surface area (Å²) in [5, 5.41) is 0. The van der Waals surface area contributed by atoms with Crippen molar-refractivity contribution in [3.63, 3.8) is 0 Å². The van der Waals surface area contributed by atoms with Gasteiger partial charge in [-0.2, -0.15) is 0 Å². The van der Waals surface area contributed by atoms with E-state index in [2.05, 4.69) is 4.98 Å². The number of imidazole rings is 1. The molecule has 0 radical (unpaired) electrons. The third-order valence-corrected chi connectivity index (χ3v) is 4.35. The Morgan fingerprint density at radius 1 is 0.885 bits per heavy atom. The summed E-state index contributed by atoms with van der Waals surface area (Å²) in [6.07, 6.45) is 1.41. The summed E-state index contributed by atoms with van der Waals surface area (Å²) in [5.41, 5.74) is 2.93. The lowest BCUT2D eigenvalue weighted by Crippen LogP contribution is -2.13. The molecule has 0 saturated carbocycles. The number of hydrogen-bond donors (Lipinski definition) is 0. The third kappa shape index (κ3) is 2.97. The van der Waals surface area contributed by atoms with Gasteiger partial charge in [0.1, 0.15) is 5.82 Å². The zero-order chi connectivity index (χ0) is 17.9. The standard InChI is InChI=1S/C22H18N2O2/c1-16-23-20(19-14-8-9-15-24(16)19)22(25)26-21(17-10-4-2-5-11-17)18-12-6-3-7-13-18/h2-15,21H,1H3. The SMILES string of the molecule is Cc1nc(C(=O)OC(c2ccccc2)c2ccccc2)c2ccccn12. The van der Waals surface area contributed by atoms with E-state index < -0.39 is 12.1 Å². The van der Waals surface area contributed by atoms with Crippen molar-refractivity contribution in [1.29, 1.82) is 0 Å². The van der Waals surface area contributed by atoms with Crippen LogP contribution in [-0.2, 0) is 4.74 Å². The number of fused-ring (bicyclic) bond motifs is 1. The Morgan fingerprint density at radius 3 is 2.08 bits per heavy atom. The molecule has 2 aromatic heterocycles. The highest BCUT2D eigenvalue weighted by molar-refractivity contribution is 5.95. The molecule has 128 valence electrons. The van der Waals surface area contributed by atoms with Crippen molar-refractivity contribution >= 4 is 11.5 Å². The predicted octanol–water partition coefficient (Wildman–Crippen LogP) is 4.59. The van der Waals surface area contributed by atoms with Gasteiger partial charge in [0.25, 0.3) is 0 Å². The first-order chi connectivity index (χ1) is 12.7. The second-order valence-electron chi connectivity index (χ2n) is 6.07. The summed E-state index contributed by atoms with van der Waals surface area (Å²) >= 11 is 0. The first-order valence-corrected chi connectivity index (χ1v) is 8.48. The van der Waals surface area contributed by atoms with Crippen molar-refractivity contribution in [2.75, 3.05) is 0 Å². The van der Waals surface area contributed by atoms with Gasteiger partial charge in [-0.3, -0.25) is 0 Å². The van der Waals surface area contributed by atoms with Gasteiger partial charge in [0.05, 0.1) is 5.52 Å². The molecule has 4 rings (SSSR count). The molecule has 0 fully saturated rings. The molecule has 0 atom stereocenters. The number of pyridine rings is 1. The monoisotopic (exact) mass is 342 g/mol. The molecule has 0 bridgehead atoms.